The van der Waals surface area contributed by atoms with E-state index in [9.17, 15) is 9.59 Å². The number of hydrogen-bond donors (Lipinski definition) is 2. The molecule has 1 unspecified atom stereocenters. The molecule has 5 nitrogen and oxygen atoms in total. The monoisotopic (exact) mass is 393 g/mol. The lowest BCUT2D eigenvalue weighted by molar-refractivity contribution is -0.132. The van der Waals surface area contributed by atoms with Crippen LogP contribution in [0.1, 0.15) is 43.4 Å². The number of rotatable bonds is 5. The van der Waals surface area contributed by atoms with Crippen molar-refractivity contribution in [1.82, 2.24) is 10.2 Å². The third kappa shape index (κ3) is 5.37. The van der Waals surface area contributed by atoms with E-state index < -0.39 is 5.41 Å². The van der Waals surface area contributed by atoms with Gasteiger partial charge in [0.2, 0.25) is 5.91 Å². The molecule has 0 aromatic heterocycles. The number of nitrogens with zero attached hydrogens (tertiary/aromatic N) is 1. The highest BCUT2D eigenvalue weighted by atomic mass is 16.2. The standard InChI is InChI=1S/C24H31N3O2/c1-4-19-10-12-21(13-11-19)26-23(29)27-15-5-14-24(3,17-27)22(28)25-16-20-8-6-18(2)7-9-20/h6-13H,4-5,14-17H2,1-3H3,(H,25,28)(H,26,29). The first kappa shape index (κ1) is 20.9. The minimum Gasteiger partial charge on any atom is -0.351 e. The predicted octanol–water partition coefficient (Wildman–Crippen LogP) is 4.51. The Labute approximate surface area is 173 Å². The zero-order valence-corrected chi connectivity index (χ0v) is 17.6. The van der Waals surface area contributed by atoms with Crippen molar-refractivity contribution in [2.75, 3.05) is 18.4 Å². The molecule has 2 aromatic rings. The largest absolute Gasteiger partial charge is 0.351 e. The fraction of sp³-hybridized carbons (Fsp3) is 0.417. The van der Waals surface area contributed by atoms with Gasteiger partial charge in [-0.3, -0.25) is 4.79 Å². The van der Waals surface area contributed by atoms with Gasteiger partial charge in [-0.2, -0.15) is 0 Å². The number of hydrogen-bond acceptors (Lipinski definition) is 2. The second-order valence-corrected chi connectivity index (χ2v) is 8.23. The second-order valence-electron chi connectivity index (χ2n) is 8.23. The summed E-state index contributed by atoms with van der Waals surface area (Å²) >= 11 is 0. The van der Waals surface area contributed by atoms with Gasteiger partial charge in [0.25, 0.3) is 0 Å². The molecule has 0 radical (unpaired) electrons. The normalized spacial score (nSPS) is 18.9. The summed E-state index contributed by atoms with van der Waals surface area (Å²) in [5.74, 6) is 0.00266. The number of benzene rings is 2. The SMILES string of the molecule is CCc1ccc(NC(=O)N2CCCC(C)(C(=O)NCc3ccc(C)cc3)C2)cc1. The smallest absolute Gasteiger partial charge is 0.321 e. The maximum Gasteiger partial charge on any atom is 0.321 e. The minimum absolute atomic E-state index is 0.00266. The van der Waals surface area contributed by atoms with Crippen molar-refractivity contribution in [3.63, 3.8) is 0 Å². The maximum atomic E-state index is 12.9. The van der Waals surface area contributed by atoms with E-state index in [-0.39, 0.29) is 11.9 Å². The van der Waals surface area contributed by atoms with Crippen LogP contribution >= 0.6 is 0 Å². The molecule has 0 bridgehead atoms. The molecule has 0 aliphatic carbocycles. The van der Waals surface area contributed by atoms with Crippen molar-refractivity contribution in [3.05, 3.63) is 65.2 Å². The van der Waals surface area contributed by atoms with Crippen LogP contribution in [0.4, 0.5) is 10.5 Å². The number of carbonyl (C=O) groups excluding carboxylic acids is 2. The van der Waals surface area contributed by atoms with E-state index in [1.165, 1.54) is 11.1 Å². The molecule has 1 fully saturated rings. The molecule has 2 N–H and O–H groups in total. The van der Waals surface area contributed by atoms with E-state index in [0.29, 0.717) is 19.6 Å². The summed E-state index contributed by atoms with van der Waals surface area (Å²) in [5, 5.41) is 6.01. The summed E-state index contributed by atoms with van der Waals surface area (Å²) in [6.45, 7) is 7.69. The van der Waals surface area contributed by atoms with Crippen molar-refractivity contribution in [3.8, 4) is 0 Å². The van der Waals surface area contributed by atoms with Crippen LogP contribution in [0.5, 0.6) is 0 Å². The zero-order valence-electron chi connectivity index (χ0n) is 17.6. The van der Waals surface area contributed by atoms with Gasteiger partial charge in [-0.05, 0) is 56.4 Å². The highest BCUT2D eigenvalue weighted by Gasteiger charge is 2.39. The molecule has 0 spiro atoms. The summed E-state index contributed by atoms with van der Waals surface area (Å²) in [7, 11) is 0. The molecule has 1 aliphatic heterocycles. The van der Waals surface area contributed by atoms with Gasteiger partial charge >= 0.3 is 6.03 Å². The van der Waals surface area contributed by atoms with E-state index >= 15 is 0 Å². The van der Waals surface area contributed by atoms with Gasteiger partial charge in [-0.15, -0.1) is 0 Å². The molecule has 3 amide bonds. The van der Waals surface area contributed by atoms with E-state index in [2.05, 4.69) is 17.6 Å². The molecular formula is C24H31N3O2. The molecule has 1 atom stereocenters. The summed E-state index contributed by atoms with van der Waals surface area (Å²) < 4.78 is 0. The highest BCUT2D eigenvalue weighted by molar-refractivity contribution is 5.90. The highest BCUT2D eigenvalue weighted by Crippen LogP contribution is 2.30. The Balaban J connectivity index is 1.57. The lowest BCUT2D eigenvalue weighted by atomic mass is 9.81. The Hall–Kier alpha value is -2.82. The van der Waals surface area contributed by atoms with E-state index in [0.717, 1.165) is 30.5 Å². The first-order valence-corrected chi connectivity index (χ1v) is 10.4. The van der Waals surface area contributed by atoms with Gasteiger partial charge in [0.05, 0.1) is 5.41 Å². The fourth-order valence-electron chi connectivity index (χ4n) is 3.73. The van der Waals surface area contributed by atoms with Crippen LogP contribution in [0.2, 0.25) is 0 Å². The topological polar surface area (TPSA) is 61.4 Å². The number of piperidine rings is 1. The van der Waals surface area contributed by atoms with Crippen molar-refractivity contribution >= 4 is 17.6 Å². The van der Waals surface area contributed by atoms with Gasteiger partial charge in [-0.25, -0.2) is 4.79 Å². The molecule has 1 heterocycles. The Morgan fingerprint density at radius 2 is 1.69 bits per heavy atom. The van der Waals surface area contributed by atoms with Crippen LogP contribution in [-0.4, -0.2) is 29.9 Å². The zero-order chi connectivity index (χ0) is 20.9. The second kappa shape index (κ2) is 9.12. The molecule has 29 heavy (non-hydrogen) atoms. The van der Waals surface area contributed by atoms with Crippen molar-refractivity contribution in [2.45, 2.75) is 46.6 Å². The number of nitrogens with one attached hydrogen (secondary N) is 2. The van der Waals surface area contributed by atoms with Gasteiger partial charge < -0.3 is 15.5 Å². The molecule has 2 aromatic carbocycles. The Kier molecular flexibility index (Phi) is 6.57. The number of likely N-dealkylation sites (tertiary alicyclic amines) is 1. The maximum absolute atomic E-state index is 12.9. The quantitative estimate of drug-likeness (QED) is 0.785. The lowest BCUT2D eigenvalue weighted by Gasteiger charge is -2.39. The number of carbonyl (C=O) groups is 2. The number of aryl methyl sites for hydroxylation is 2. The van der Waals surface area contributed by atoms with Crippen LogP contribution < -0.4 is 10.6 Å². The van der Waals surface area contributed by atoms with E-state index in [1.807, 2.05) is 62.4 Å². The van der Waals surface area contributed by atoms with Gasteiger partial charge in [0.1, 0.15) is 0 Å². The van der Waals surface area contributed by atoms with Crippen LogP contribution in [0.3, 0.4) is 0 Å². The summed E-state index contributed by atoms with van der Waals surface area (Å²) in [6.07, 6.45) is 2.56. The number of amides is 3. The summed E-state index contributed by atoms with van der Waals surface area (Å²) in [4.78, 5) is 27.4. The minimum atomic E-state index is -0.577. The average Bonchev–Trinajstić information content (AvgIpc) is 2.73. The molecule has 0 saturated carbocycles. The lowest BCUT2D eigenvalue weighted by Crippen LogP contribution is -2.52. The Morgan fingerprint density at radius 1 is 1.03 bits per heavy atom. The molecule has 1 saturated heterocycles. The first-order valence-electron chi connectivity index (χ1n) is 10.4. The van der Waals surface area contributed by atoms with E-state index in [1.54, 1.807) is 4.90 Å². The molecule has 3 rings (SSSR count). The van der Waals surface area contributed by atoms with Crippen LogP contribution in [0, 0.1) is 12.3 Å². The van der Waals surface area contributed by atoms with Crippen LogP contribution in [-0.2, 0) is 17.8 Å². The van der Waals surface area contributed by atoms with Crippen molar-refractivity contribution in [2.24, 2.45) is 5.41 Å². The van der Waals surface area contributed by atoms with Crippen molar-refractivity contribution in [1.29, 1.82) is 0 Å². The van der Waals surface area contributed by atoms with Crippen molar-refractivity contribution < 1.29 is 9.59 Å². The van der Waals surface area contributed by atoms with Crippen LogP contribution in [0.15, 0.2) is 48.5 Å². The Morgan fingerprint density at radius 3 is 2.34 bits per heavy atom. The molecule has 1 aliphatic rings. The Bertz CT molecular complexity index is 845. The molecule has 154 valence electrons. The third-order valence-corrected chi connectivity index (χ3v) is 5.72. The van der Waals surface area contributed by atoms with Gasteiger partial charge in [0.15, 0.2) is 0 Å². The predicted molar refractivity (Wildman–Crippen MR) is 117 cm³/mol. The third-order valence-electron chi connectivity index (χ3n) is 5.72. The fourth-order valence-corrected chi connectivity index (χ4v) is 3.73. The first-order chi connectivity index (χ1) is 13.9. The van der Waals surface area contributed by atoms with Crippen LogP contribution in [0.25, 0.3) is 0 Å². The molecule has 5 heteroatoms. The number of anilines is 1. The summed E-state index contributed by atoms with van der Waals surface area (Å²) in [5.41, 5.74) is 3.72. The number of urea groups is 1. The van der Waals surface area contributed by atoms with E-state index in [4.69, 9.17) is 0 Å². The van der Waals surface area contributed by atoms with Gasteiger partial charge in [0, 0.05) is 25.3 Å². The molecular weight excluding hydrogens is 362 g/mol. The van der Waals surface area contributed by atoms with Gasteiger partial charge in [-0.1, -0.05) is 48.9 Å². The summed E-state index contributed by atoms with van der Waals surface area (Å²) in [6, 6.07) is 15.9. The average molecular weight is 394 g/mol.